The number of aromatic amines is 1. The predicted molar refractivity (Wildman–Crippen MR) is 129 cm³/mol. The van der Waals surface area contributed by atoms with Gasteiger partial charge in [0.2, 0.25) is 10.0 Å². The Balaban J connectivity index is 1.82. The number of fused-ring (bicyclic) bond motifs is 1. The summed E-state index contributed by atoms with van der Waals surface area (Å²) in [6.07, 6.45) is 3.20. The number of pyridine rings is 2. The van der Waals surface area contributed by atoms with E-state index in [9.17, 15) is 13.2 Å². The lowest BCUT2D eigenvalue weighted by molar-refractivity contribution is 0.222. The van der Waals surface area contributed by atoms with Crippen LogP contribution in [0.1, 0.15) is 11.5 Å². The number of nitrogens with one attached hydrogen (secondary N) is 1. The van der Waals surface area contributed by atoms with Crippen LogP contribution in [0.25, 0.3) is 33.2 Å². The Morgan fingerprint density at radius 1 is 1.03 bits per heavy atom. The maximum absolute atomic E-state index is 13.8. The lowest BCUT2D eigenvalue weighted by Crippen LogP contribution is -2.48. The van der Waals surface area contributed by atoms with Crippen LogP contribution in [0.15, 0.2) is 56.9 Å². The molecule has 0 unspecified atom stereocenters. The van der Waals surface area contributed by atoms with E-state index in [1.807, 2.05) is 33.0 Å². The summed E-state index contributed by atoms with van der Waals surface area (Å²) in [7, 11) is -2.12. The zero-order chi connectivity index (χ0) is 24.0. The van der Waals surface area contributed by atoms with Crippen molar-refractivity contribution in [1.82, 2.24) is 24.3 Å². The first-order valence-electron chi connectivity index (χ1n) is 11.0. The minimum absolute atomic E-state index is 0.256. The maximum Gasteiger partial charge on any atom is 0.269 e. The van der Waals surface area contributed by atoms with Crippen molar-refractivity contribution in [1.29, 1.82) is 0 Å². The Hall–Kier alpha value is -3.34. The molecule has 10 heteroatoms. The molecule has 0 saturated carbocycles. The standard InChI is InChI=1S/C24H25N5O4S/c1-15-21(16(2)33-27-15)17-6-7-20-19(13-17)22(18-5-4-8-25-14-18)23(24(30)26-20)34(31,32)29-11-9-28(3)10-12-29/h4-8,13-14H,9-12H2,1-3H3,(H,26,30). The van der Waals surface area contributed by atoms with Crippen molar-refractivity contribution < 1.29 is 12.9 Å². The van der Waals surface area contributed by atoms with Crippen LogP contribution in [0.4, 0.5) is 0 Å². The molecule has 3 aromatic heterocycles. The third-order valence-electron chi connectivity index (χ3n) is 6.30. The fraction of sp³-hybridized carbons (Fsp3) is 0.292. The van der Waals surface area contributed by atoms with Crippen LogP contribution < -0.4 is 5.56 Å². The first-order chi connectivity index (χ1) is 16.3. The third-order valence-corrected chi connectivity index (χ3v) is 8.25. The maximum atomic E-state index is 13.8. The molecule has 4 heterocycles. The molecule has 1 saturated heterocycles. The number of sulfonamides is 1. The number of aryl methyl sites for hydroxylation is 2. The van der Waals surface area contributed by atoms with Crippen LogP contribution in [0.2, 0.25) is 0 Å². The first kappa shape index (κ1) is 22.5. The fourth-order valence-corrected chi connectivity index (χ4v) is 6.20. The average molecular weight is 480 g/mol. The van der Waals surface area contributed by atoms with E-state index in [-0.39, 0.29) is 4.90 Å². The summed E-state index contributed by atoms with van der Waals surface area (Å²) in [4.78, 5) is 22.1. The van der Waals surface area contributed by atoms with Gasteiger partial charge < -0.3 is 14.4 Å². The van der Waals surface area contributed by atoms with Crippen LogP contribution in [-0.2, 0) is 10.0 Å². The summed E-state index contributed by atoms with van der Waals surface area (Å²) in [5.41, 5.74) is 3.20. The topological polar surface area (TPSA) is 112 Å². The number of aromatic nitrogens is 3. The van der Waals surface area contributed by atoms with Crippen molar-refractivity contribution >= 4 is 20.9 Å². The lowest BCUT2D eigenvalue weighted by atomic mass is 9.97. The molecule has 5 rings (SSSR count). The van der Waals surface area contributed by atoms with E-state index in [1.54, 1.807) is 30.6 Å². The number of benzene rings is 1. The van der Waals surface area contributed by atoms with Crippen LogP contribution in [-0.4, -0.2) is 66.0 Å². The van der Waals surface area contributed by atoms with E-state index in [4.69, 9.17) is 4.52 Å². The molecule has 176 valence electrons. The zero-order valence-electron chi connectivity index (χ0n) is 19.2. The van der Waals surface area contributed by atoms with Crippen LogP contribution in [0, 0.1) is 13.8 Å². The van der Waals surface area contributed by atoms with Gasteiger partial charge in [-0.2, -0.15) is 4.31 Å². The average Bonchev–Trinajstić information content (AvgIpc) is 3.16. The van der Waals surface area contributed by atoms with Crippen molar-refractivity contribution in [3.63, 3.8) is 0 Å². The van der Waals surface area contributed by atoms with Gasteiger partial charge in [0.1, 0.15) is 5.76 Å². The van der Waals surface area contributed by atoms with Crippen LogP contribution in [0.5, 0.6) is 0 Å². The SMILES string of the molecule is Cc1noc(C)c1-c1ccc2[nH]c(=O)c(S(=O)(=O)N3CCN(C)CC3)c(-c3cccnc3)c2c1. The van der Waals surface area contributed by atoms with Gasteiger partial charge in [-0.1, -0.05) is 17.3 Å². The molecule has 1 aliphatic heterocycles. The first-order valence-corrected chi connectivity index (χ1v) is 12.4. The predicted octanol–water partition coefficient (Wildman–Crippen LogP) is 2.80. The Bertz CT molecular complexity index is 1520. The third kappa shape index (κ3) is 3.73. The zero-order valence-corrected chi connectivity index (χ0v) is 20.0. The number of nitrogens with zero attached hydrogens (tertiary/aromatic N) is 4. The number of H-pyrrole nitrogens is 1. The Kier molecular flexibility index (Phi) is 5.59. The van der Waals surface area contributed by atoms with E-state index in [0.29, 0.717) is 54.0 Å². The van der Waals surface area contributed by atoms with Gasteiger partial charge in [-0.15, -0.1) is 0 Å². The number of rotatable bonds is 4. The van der Waals surface area contributed by atoms with Gasteiger partial charge in [-0.05, 0) is 44.7 Å². The van der Waals surface area contributed by atoms with Crippen molar-refractivity contribution in [2.45, 2.75) is 18.7 Å². The van der Waals surface area contributed by atoms with E-state index in [2.05, 4.69) is 20.0 Å². The smallest absolute Gasteiger partial charge is 0.269 e. The van der Waals surface area contributed by atoms with Gasteiger partial charge in [0.25, 0.3) is 5.56 Å². The van der Waals surface area contributed by atoms with Crippen LogP contribution >= 0.6 is 0 Å². The fourth-order valence-electron chi connectivity index (χ4n) is 4.53. The molecule has 4 aromatic rings. The van der Waals surface area contributed by atoms with E-state index >= 15 is 0 Å². The molecular formula is C24H25N5O4S. The van der Waals surface area contributed by atoms with E-state index in [1.165, 1.54) is 4.31 Å². The molecule has 1 fully saturated rings. The molecule has 0 spiro atoms. The second-order valence-electron chi connectivity index (χ2n) is 8.57. The number of likely N-dealkylation sites (N-methyl/N-ethyl adjacent to an activating group) is 1. The molecule has 0 bridgehead atoms. The number of piperazine rings is 1. The summed E-state index contributed by atoms with van der Waals surface area (Å²) in [6.45, 7) is 5.53. The molecule has 0 atom stereocenters. The summed E-state index contributed by atoms with van der Waals surface area (Å²) in [5.74, 6) is 0.662. The number of hydrogen-bond acceptors (Lipinski definition) is 7. The number of hydrogen-bond donors (Lipinski definition) is 1. The van der Waals surface area contributed by atoms with Gasteiger partial charge in [0.15, 0.2) is 4.90 Å². The van der Waals surface area contributed by atoms with Crippen LogP contribution in [0.3, 0.4) is 0 Å². The molecule has 0 aliphatic carbocycles. The van der Waals surface area contributed by atoms with E-state index in [0.717, 1.165) is 16.8 Å². The highest BCUT2D eigenvalue weighted by molar-refractivity contribution is 7.89. The van der Waals surface area contributed by atoms with E-state index < -0.39 is 15.6 Å². The van der Waals surface area contributed by atoms with Crippen molar-refractivity contribution in [2.75, 3.05) is 33.2 Å². The summed E-state index contributed by atoms with van der Waals surface area (Å²) in [6, 6.07) is 9.03. The summed E-state index contributed by atoms with van der Waals surface area (Å²) < 4.78 is 34.4. The Morgan fingerprint density at radius 3 is 2.44 bits per heavy atom. The molecule has 0 amide bonds. The van der Waals surface area contributed by atoms with Gasteiger partial charge in [0, 0.05) is 66.2 Å². The molecule has 34 heavy (non-hydrogen) atoms. The quantitative estimate of drug-likeness (QED) is 0.479. The van der Waals surface area contributed by atoms with Gasteiger partial charge in [-0.3, -0.25) is 9.78 Å². The highest BCUT2D eigenvalue weighted by Gasteiger charge is 2.33. The summed E-state index contributed by atoms with van der Waals surface area (Å²) >= 11 is 0. The highest BCUT2D eigenvalue weighted by Crippen LogP contribution is 2.36. The normalized spacial score (nSPS) is 15.7. The molecule has 1 N–H and O–H groups in total. The lowest BCUT2D eigenvalue weighted by Gasteiger charge is -2.31. The van der Waals surface area contributed by atoms with Crippen molar-refractivity contribution in [3.05, 3.63) is 64.5 Å². The summed E-state index contributed by atoms with van der Waals surface area (Å²) in [5, 5.41) is 4.65. The largest absolute Gasteiger partial charge is 0.361 e. The minimum Gasteiger partial charge on any atom is -0.361 e. The Morgan fingerprint density at radius 2 is 1.79 bits per heavy atom. The highest BCUT2D eigenvalue weighted by atomic mass is 32.2. The van der Waals surface area contributed by atoms with Gasteiger partial charge in [0.05, 0.1) is 5.69 Å². The Labute approximate surface area is 197 Å². The molecular weight excluding hydrogens is 454 g/mol. The monoisotopic (exact) mass is 479 g/mol. The van der Waals surface area contributed by atoms with Crippen molar-refractivity contribution in [3.8, 4) is 22.3 Å². The van der Waals surface area contributed by atoms with Gasteiger partial charge >= 0.3 is 0 Å². The second-order valence-corrected chi connectivity index (χ2v) is 10.4. The second kappa shape index (κ2) is 8.46. The van der Waals surface area contributed by atoms with Crippen molar-refractivity contribution in [2.24, 2.45) is 0 Å². The molecule has 1 aromatic carbocycles. The molecule has 9 nitrogen and oxygen atoms in total. The molecule has 0 radical (unpaired) electrons. The minimum atomic E-state index is -4.07. The molecule has 1 aliphatic rings. The van der Waals surface area contributed by atoms with Gasteiger partial charge in [-0.25, -0.2) is 8.42 Å².